The number of rotatable bonds is 4. The fourth-order valence-corrected chi connectivity index (χ4v) is 0.961. The molecule has 0 aromatic heterocycles. The third-order valence-corrected chi connectivity index (χ3v) is 1.84. The number of benzene rings is 1. The molecule has 0 aliphatic rings. The van der Waals surface area contributed by atoms with E-state index in [4.69, 9.17) is 5.11 Å². The number of hydrogen-bond donors (Lipinski definition) is 1. The Hall–Kier alpha value is -1.90. The molecule has 0 saturated heterocycles. The van der Waals surface area contributed by atoms with Crippen LogP contribution in [0.2, 0.25) is 0 Å². The van der Waals surface area contributed by atoms with Crippen molar-refractivity contribution >= 4 is 18.3 Å². The van der Waals surface area contributed by atoms with Gasteiger partial charge in [0.1, 0.15) is 6.04 Å². The van der Waals surface area contributed by atoms with Crippen molar-refractivity contribution in [2.75, 3.05) is 0 Å². The first-order valence-corrected chi connectivity index (χ1v) is 4.68. The lowest BCUT2D eigenvalue weighted by atomic mass is 10.2. The van der Waals surface area contributed by atoms with Gasteiger partial charge < -0.3 is 5.11 Å². The maximum Gasteiger partial charge on any atom is 0.328 e. The van der Waals surface area contributed by atoms with E-state index in [9.17, 15) is 4.79 Å². The quantitative estimate of drug-likeness (QED) is 0.763. The van der Waals surface area contributed by atoms with Crippen LogP contribution in [0.15, 0.2) is 41.4 Å². The second kappa shape index (κ2) is 5.75. The van der Waals surface area contributed by atoms with E-state index < -0.39 is 12.0 Å². The van der Waals surface area contributed by atoms with Crippen LogP contribution in [0.3, 0.4) is 0 Å². The van der Waals surface area contributed by atoms with Gasteiger partial charge in [0.15, 0.2) is 0 Å². The Balaban J connectivity index is 2.50. The summed E-state index contributed by atoms with van der Waals surface area (Å²) in [5.74, 6) is -0.917. The molecular formula is C12H13NO2. The monoisotopic (exact) mass is 203 g/mol. The molecule has 1 unspecified atom stereocenters. The summed E-state index contributed by atoms with van der Waals surface area (Å²) in [5, 5.41) is 8.56. The fourth-order valence-electron chi connectivity index (χ4n) is 0.961. The zero-order chi connectivity index (χ0) is 11.1. The van der Waals surface area contributed by atoms with Crippen molar-refractivity contribution in [3.8, 4) is 0 Å². The van der Waals surface area contributed by atoms with Gasteiger partial charge in [-0.05, 0) is 18.6 Å². The van der Waals surface area contributed by atoms with Crippen LogP contribution in [-0.2, 0) is 4.79 Å². The number of carboxylic acids is 1. The second-order valence-electron chi connectivity index (χ2n) is 3.08. The lowest BCUT2D eigenvalue weighted by molar-refractivity contribution is -0.137. The highest BCUT2D eigenvalue weighted by molar-refractivity contribution is 5.81. The molecule has 1 N–H and O–H groups in total. The van der Waals surface area contributed by atoms with Crippen molar-refractivity contribution in [3.63, 3.8) is 0 Å². The first-order chi connectivity index (χ1) is 7.20. The minimum atomic E-state index is -0.917. The van der Waals surface area contributed by atoms with E-state index in [1.807, 2.05) is 36.4 Å². The third-order valence-electron chi connectivity index (χ3n) is 1.84. The van der Waals surface area contributed by atoms with Crippen molar-refractivity contribution in [2.24, 2.45) is 4.99 Å². The Bertz CT molecular complexity index is 368. The molecule has 0 bridgehead atoms. The largest absolute Gasteiger partial charge is 0.480 e. The second-order valence-corrected chi connectivity index (χ2v) is 3.08. The summed E-state index contributed by atoms with van der Waals surface area (Å²) in [6, 6.07) is 9.06. The van der Waals surface area contributed by atoms with Crippen LogP contribution in [0.1, 0.15) is 12.5 Å². The number of nitrogens with zero attached hydrogens (tertiary/aromatic N) is 1. The molecule has 0 fully saturated rings. The Kier molecular flexibility index (Phi) is 4.29. The number of carboxylic acid groups (broad SMARTS) is 1. The molecule has 1 rings (SSSR count). The molecule has 0 amide bonds. The van der Waals surface area contributed by atoms with E-state index in [1.54, 1.807) is 6.08 Å². The Labute approximate surface area is 88.8 Å². The average Bonchev–Trinajstić information content (AvgIpc) is 2.25. The normalized spacial score (nSPS) is 13.4. The third kappa shape index (κ3) is 4.22. The lowest BCUT2D eigenvalue weighted by Crippen LogP contribution is -2.12. The minimum Gasteiger partial charge on any atom is -0.480 e. The predicted molar refractivity (Wildman–Crippen MR) is 61.1 cm³/mol. The standard InChI is InChI=1S/C12H13NO2/c1-10(12(14)15)13-9-5-8-11-6-3-2-4-7-11/h2-10H,1H3,(H,14,15)/b8-5-,13-9?. The van der Waals surface area contributed by atoms with Crippen LogP contribution in [-0.4, -0.2) is 23.3 Å². The maximum atomic E-state index is 10.4. The van der Waals surface area contributed by atoms with Gasteiger partial charge in [0.25, 0.3) is 0 Å². The van der Waals surface area contributed by atoms with Gasteiger partial charge in [-0.2, -0.15) is 0 Å². The van der Waals surface area contributed by atoms with Gasteiger partial charge in [0, 0.05) is 6.21 Å². The molecule has 0 saturated carbocycles. The molecule has 0 spiro atoms. The summed E-state index contributed by atoms with van der Waals surface area (Å²) in [4.78, 5) is 14.3. The minimum absolute atomic E-state index is 0.689. The van der Waals surface area contributed by atoms with E-state index in [0.29, 0.717) is 0 Å². The highest BCUT2D eigenvalue weighted by atomic mass is 16.4. The van der Waals surface area contributed by atoms with Gasteiger partial charge in [0.2, 0.25) is 0 Å². The summed E-state index contributed by atoms with van der Waals surface area (Å²) >= 11 is 0. The Morgan fingerprint density at radius 2 is 2.07 bits per heavy atom. The van der Waals surface area contributed by atoms with Gasteiger partial charge in [-0.1, -0.05) is 36.4 Å². The summed E-state index contributed by atoms with van der Waals surface area (Å²) in [6.45, 7) is 1.54. The maximum absolute atomic E-state index is 10.4. The van der Waals surface area contributed by atoms with Gasteiger partial charge in [-0.3, -0.25) is 4.99 Å². The molecule has 15 heavy (non-hydrogen) atoms. The summed E-state index contributed by atoms with van der Waals surface area (Å²) in [5.41, 5.74) is 1.06. The number of hydrogen-bond acceptors (Lipinski definition) is 2. The number of aliphatic imine (C=N–C) groups is 1. The molecule has 3 heteroatoms. The highest BCUT2D eigenvalue weighted by Crippen LogP contribution is 1.99. The predicted octanol–water partition coefficient (Wildman–Crippen LogP) is 2.24. The zero-order valence-corrected chi connectivity index (χ0v) is 8.50. The fraction of sp³-hybridized carbons (Fsp3) is 0.167. The van der Waals surface area contributed by atoms with E-state index in [0.717, 1.165) is 5.56 Å². The molecule has 0 radical (unpaired) electrons. The molecule has 1 aromatic carbocycles. The van der Waals surface area contributed by atoms with Gasteiger partial charge in [0.05, 0.1) is 0 Å². The van der Waals surface area contributed by atoms with Crippen molar-refractivity contribution in [1.29, 1.82) is 0 Å². The Morgan fingerprint density at radius 1 is 1.40 bits per heavy atom. The molecule has 0 aliphatic heterocycles. The molecule has 0 heterocycles. The van der Waals surface area contributed by atoms with Crippen LogP contribution in [0.5, 0.6) is 0 Å². The lowest BCUT2D eigenvalue weighted by Gasteiger charge is -1.95. The van der Waals surface area contributed by atoms with Gasteiger partial charge >= 0.3 is 5.97 Å². The van der Waals surface area contributed by atoms with E-state index in [-0.39, 0.29) is 0 Å². The topological polar surface area (TPSA) is 49.7 Å². The van der Waals surface area contributed by atoms with Crippen LogP contribution < -0.4 is 0 Å². The molecular weight excluding hydrogens is 190 g/mol. The number of aliphatic carboxylic acids is 1. The van der Waals surface area contributed by atoms with Gasteiger partial charge in [-0.15, -0.1) is 0 Å². The molecule has 1 aromatic rings. The van der Waals surface area contributed by atoms with E-state index in [1.165, 1.54) is 13.1 Å². The van der Waals surface area contributed by atoms with Crippen molar-refractivity contribution in [1.82, 2.24) is 0 Å². The molecule has 3 nitrogen and oxygen atoms in total. The number of carbonyl (C=O) groups is 1. The van der Waals surface area contributed by atoms with Crippen molar-refractivity contribution in [2.45, 2.75) is 13.0 Å². The molecule has 1 atom stereocenters. The van der Waals surface area contributed by atoms with E-state index >= 15 is 0 Å². The summed E-state index contributed by atoms with van der Waals surface area (Å²) in [6.07, 6.45) is 5.11. The SMILES string of the molecule is CC(N=C/C=C\c1ccccc1)C(=O)O. The summed E-state index contributed by atoms with van der Waals surface area (Å²) < 4.78 is 0. The van der Waals surface area contributed by atoms with Crippen molar-refractivity contribution in [3.05, 3.63) is 42.0 Å². The van der Waals surface area contributed by atoms with Crippen molar-refractivity contribution < 1.29 is 9.90 Å². The molecule has 78 valence electrons. The first kappa shape index (κ1) is 11.2. The van der Waals surface area contributed by atoms with Gasteiger partial charge in [-0.25, -0.2) is 4.79 Å². The first-order valence-electron chi connectivity index (χ1n) is 4.68. The van der Waals surface area contributed by atoms with Crippen LogP contribution in [0, 0.1) is 0 Å². The molecule has 0 aliphatic carbocycles. The smallest absolute Gasteiger partial charge is 0.328 e. The van der Waals surface area contributed by atoms with Crippen LogP contribution >= 0.6 is 0 Å². The van der Waals surface area contributed by atoms with E-state index in [2.05, 4.69) is 4.99 Å². The highest BCUT2D eigenvalue weighted by Gasteiger charge is 2.05. The average molecular weight is 203 g/mol. The zero-order valence-electron chi connectivity index (χ0n) is 8.50. The van der Waals surface area contributed by atoms with Crippen LogP contribution in [0.4, 0.5) is 0 Å². The number of allylic oxidation sites excluding steroid dienone is 1. The summed E-state index contributed by atoms with van der Waals surface area (Å²) in [7, 11) is 0. The van der Waals surface area contributed by atoms with Crippen LogP contribution in [0.25, 0.3) is 6.08 Å². The Morgan fingerprint density at radius 3 is 2.67 bits per heavy atom.